The van der Waals surface area contributed by atoms with Crippen molar-refractivity contribution in [2.24, 2.45) is 5.92 Å². The Morgan fingerprint density at radius 2 is 2.11 bits per heavy atom. The lowest BCUT2D eigenvalue weighted by atomic mass is 9.95. The minimum Gasteiger partial charge on any atom is -0.467 e. The van der Waals surface area contributed by atoms with Gasteiger partial charge in [-0.15, -0.1) is 0 Å². The standard InChI is InChI=1S/C19H23F3N4O2/c1-11-5-6-12(2)25(10-11)18(27)14-9-17-23-13(15-4-3-7-28-15)8-16(19(20,21)22)26(17)24-14/h3-4,7,9,11-13,16,23H,5-6,8,10H2,1-2H3/t11-,12+,13+,16+/m1/s1. The number of fused-ring (bicyclic) bond motifs is 1. The van der Waals surface area contributed by atoms with E-state index in [4.69, 9.17) is 4.42 Å². The van der Waals surface area contributed by atoms with Crippen molar-refractivity contribution < 1.29 is 22.4 Å². The SMILES string of the molecule is C[C@@H]1CC[C@H](C)N(C(=O)c2cc3n(n2)[C@H](C(F)(F)F)C[C@@H](c2ccco2)N3)C1. The third kappa shape index (κ3) is 3.38. The second kappa shape index (κ2) is 6.86. The van der Waals surface area contributed by atoms with Crippen molar-refractivity contribution in [3.8, 4) is 0 Å². The molecule has 0 bridgehead atoms. The first kappa shape index (κ1) is 18.9. The van der Waals surface area contributed by atoms with Crippen molar-refractivity contribution in [2.45, 2.75) is 57.4 Å². The van der Waals surface area contributed by atoms with Gasteiger partial charge >= 0.3 is 6.18 Å². The van der Waals surface area contributed by atoms with E-state index in [9.17, 15) is 18.0 Å². The highest BCUT2D eigenvalue weighted by Crippen LogP contribution is 2.43. The zero-order valence-corrected chi connectivity index (χ0v) is 15.7. The van der Waals surface area contributed by atoms with Gasteiger partial charge in [0.25, 0.3) is 5.91 Å². The summed E-state index contributed by atoms with van der Waals surface area (Å²) < 4.78 is 47.3. The number of nitrogens with zero attached hydrogens (tertiary/aromatic N) is 3. The maximum absolute atomic E-state index is 13.7. The van der Waals surface area contributed by atoms with Gasteiger partial charge in [0.1, 0.15) is 11.6 Å². The van der Waals surface area contributed by atoms with Crippen LogP contribution in [-0.4, -0.2) is 39.4 Å². The summed E-state index contributed by atoms with van der Waals surface area (Å²) in [5, 5.41) is 7.10. The molecule has 0 unspecified atom stereocenters. The Kier molecular flexibility index (Phi) is 4.63. The molecule has 0 spiro atoms. The maximum atomic E-state index is 13.7. The van der Waals surface area contributed by atoms with Crippen LogP contribution in [0.4, 0.5) is 19.0 Å². The lowest BCUT2D eigenvalue weighted by Gasteiger charge is -2.36. The van der Waals surface area contributed by atoms with Crippen molar-refractivity contribution in [3.63, 3.8) is 0 Å². The Labute approximate surface area is 160 Å². The minimum atomic E-state index is -4.49. The fraction of sp³-hybridized carbons (Fsp3) is 0.579. The lowest BCUT2D eigenvalue weighted by Crippen LogP contribution is -2.45. The Balaban J connectivity index is 1.66. The summed E-state index contributed by atoms with van der Waals surface area (Å²) >= 11 is 0. The number of rotatable bonds is 2. The smallest absolute Gasteiger partial charge is 0.410 e. The number of hydrogen-bond donors (Lipinski definition) is 1. The third-order valence-corrected chi connectivity index (χ3v) is 5.67. The molecule has 1 amide bonds. The van der Waals surface area contributed by atoms with E-state index in [0.29, 0.717) is 18.2 Å². The number of furan rings is 1. The summed E-state index contributed by atoms with van der Waals surface area (Å²) in [6.45, 7) is 4.62. The van der Waals surface area contributed by atoms with E-state index in [1.807, 2.05) is 6.92 Å². The van der Waals surface area contributed by atoms with Gasteiger partial charge in [0.05, 0.1) is 12.3 Å². The van der Waals surface area contributed by atoms with Crippen molar-refractivity contribution in [1.29, 1.82) is 0 Å². The van der Waals surface area contributed by atoms with Crippen LogP contribution in [0, 0.1) is 5.92 Å². The third-order valence-electron chi connectivity index (χ3n) is 5.67. The van der Waals surface area contributed by atoms with E-state index in [-0.39, 0.29) is 29.9 Å². The first-order chi connectivity index (χ1) is 13.2. The highest BCUT2D eigenvalue weighted by atomic mass is 19.4. The number of nitrogens with one attached hydrogen (secondary N) is 1. The number of piperidine rings is 1. The molecule has 28 heavy (non-hydrogen) atoms. The molecule has 4 heterocycles. The van der Waals surface area contributed by atoms with E-state index < -0.39 is 18.3 Å². The summed E-state index contributed by atoms with van der Waals surface area (Å²) in [4.78, 5) is 14.7. The predicted molar refractivity (Wildman–Crippen MR) is 95.9 cm³/mol. The van der Waals surface area contributed by atoms with E-state index in [0.717, 1.165) is 17.5 Å². The average molecular weight is 396 g/mol. The predicted octanol–water partition coefficient (Wildman–Crippen LogP) is 4.40. The first-order valence-corrected chi connectivity index (χ1v) is 9.51. The first-order valence-electron chi connectivity index (χ1n) is 9.51. The van der Waals surface area contributed by atoms with Crippen molar-refractivity contribution >= 4 is 11.7 Å². The van der Waals surface area contributed by atoms with Crippen LogP contribution in [0.5, 0.6) is 0 Å². The van der Waals surface area contributed by atoms with Crippen LogP contribution in [-0.2, 0) is 0 Å². The average Bonchev–Trinajstić information content (AvgIpc) is 3.30. The van der Waals surface area contributed by atoms with Crippen LogP contribution in [0.25, 0.3) is 0 Å². The molecule has 6 nitrogen and oxygen atoms in total. The number of carbonyl (C=O) groups excluding carboxylic acids is 1. The molecular weight excluding hydrogens is 373 g/mol. The largest absolute Gasteiger partial charge is 0.467 e. The van der Waals surface area contributed by atoms with Gasteiger partial charge in [-0.2, -0.15) is 18.3 Å². The summed E-state index contributed by atoms with van der Waals surface area (Å²) in [7, 11) is 0. The summed E-state index contributed by atoms with van der Waals surface area (Å²) in [6, 6.07) is 2.28. The molecule has 2 aliphatic rings. The van der Waals surface area contributed by atoms with Gasteiger partial charge in [-0.1, -0.05) is 6.92 Å². The number of carbonyl (C=O) groups is 1. The van der Waals surface area contributed by atoms with Crippen LogP contribution >= 0.6 is 0 Å². The molecule has 2 aromatic heterocycles. The highest BCUT2D eigenvalue weighted by molar-refractivity contribution is 5.93. The topological polar surface area (TPSA) is 63.3 Å². The molecule has 2 aromatic rings. The number of hydrogen-bond acceptors (Lipinski definition) is 4. The Bertz CT molecular complexity index is 846. The van der Waals surface area contributed by atoms with Crippen LogP contribution < -0.4 is 5.32 Å². The van der Waals surface area contributed by atoms with Crippen LogP contribution in [0.1, 0.15) is 61.4 Å². The number of likely N-dealkylation sites (tertiary alicyclic amines) is 1. The van der Waals surface area contributed by atoms with Crippen molar-refractivity contribution in [1.82, 2.24) is 14.7 Å². The van der Waals surface area contributed by atoms with Gasteiger partial charge < -0.3 is 14.6 Å². The normalized spacial score (nSPS) is 28.0. The van der Waals surface area contributed by atoms with Crippen LogP contribution in [0.3, 0.4) is 0 Å². The van der Waals surface area contributed by atoms with E-state index in [1.54, 1.807) is 17.0 Å². The molecule has 152 valence electrons. The molecule has 4 rings (SSSR count). The molecule has 1 fully saturated rings. The monoisotopic (exact) mass is 396 g/mol. The van der Waals surface area contributed by atoms with Gasteiger partial charge in [-0.05, 0) is 37.8 Å². The molecule has 1 saturated heterocycles. The molecule has 0 saturated carbocycles. The zero-order chi connectivity index (χ0) is 20.1. The Morgan fingerprint density at radius 1 is 1.32 bits per heavy atom. The second-order valence-electron chi connectivity index (χ2n) is 7.85. The molecular formula is C19H23F3N4O2. The van der Waals surface area contributed by atoms with E-state index in [2.05, 4.69) is 17.3 Å². The summed E-state index contributed by atoms with van der Waals surface area (Å²) in [5.41, 5.74) is 0.0396. The molecule has 0 aromatic carbocycles. The number of alkyl halides is 3. The zero-order valence-electron chi connectivity index (χ0n) is 15.7. The molecule has 0 aliphatic carbocycles. The Hall–Kier alpha value is -2.45. The van der Waals surface area contributed by atoms with E-state index in [1.165, 1.54) is 12.3 Å². The van der Waals surface area contributed by atoms with Crippen LogP contribution in [0.2, 0.25) is 0 Å². The summed E-state index contributed by atoms with van der Waals surface area (Å²) in [6.07, 6.45) is -1.39. The van der Waals surface area contributed by atoms with E-state index >= 15 is 0 Å². The lowest BCUT2D eigenvalue weighted by molar-refractivity contribution is -0.174. The van der Waals surface area contributed by atoms with Crippen molar-refractivity contribution in [2.75, 3.05) is 11.9 Å². The fourth-order valence-corrected chi connectivity index (χ4v) is 4.07. The number of amides is 1. The highest BCUT2D eigenvalue weighted by Gasteiger charge is 2.47. The van der Waals surface area contributed by atoms with Crippen LogP contribution in [0.15, 0.2) is 28.9 Å². The summed E-state index contributed by atoms with van der Waals surface area (Å²) in [5.74, 6) is 0.643. The number of aromatic nitrogens is 2. The van der Waals surface area contributed by atoms with Gasteiger partial charge in [-0.3, -0.25) is 4.79 Å². The molecule has 2 aliphatic heterocycles. The molecule has 1 N–H and O–H groups in total. The molecule has 9 heteroatoms. The minimum absolute atomic E-state index is 0.0396. The van der Waals surface area contributed by atoms with Gasteiger partial charge in [0, 0.05) is 25.1 Å². The van der Waals surface area contributed by atoms with Gasteiger partial charge in [0.2, 0.25) is 0 Å². The Morgan fingerprint density at radius 3 is 2.79 bits per heavy atom. The number of anilines is 1. The van der Waals surface area contributed by atoms with Crippen molar-refractivity contribution in [3.05, 3.63) is 35.9 Å². The molecule has 0 radical (unpaired) electrons. The second-order valence-corrected chi connectivity index (χ2v) is 7.85. The maximum Gasteiger partial charge on any atom is 0.410 e. The molecule has 4 atom stereocenters. The number of halogens is 3. The fourth-order valence-electron chi connectivity index (χ4n) is 4.07. The van der Waals surface area contributed by atoms with Gasteiger partial charge in [0.15, 0.2) is 11.7 Å². The van der Waals surface area contributed by atoms with Gasteiger partial charge in [-0.25, -0.2) is 4.68 Å². The quantitative estimate of drug-likeness (QED) is 0.818.